The van der Waals surface area contributed by atoms with Crippen molar-refractivity contribution in [2.45, 2.75) is 13.0 Å². The van der Waals surface area contributed by atoms with Gasteiger partial charge in [-0.25, -0.2) is 9.36 Å². The monoisotopic (exact) mass is 387 g/mol. The first-order valence-electron chi connectivity index (χ1n) is 7.28. The molecule has 0 atom stereocenters. The second kappa shape index (κ2) is 6.88. The molecule has 24 heavy (non-hydrogen) atoms. The van der Waals surface area contributed by atoms with Crippen LogP contribution in [0.2, 0.25) is 0 Å². The van der Waals surface area contributed by atoms with Crippen LogP contribution < -0.4 is 0 Å². The summed E-state index contributed by atoms with van der Waals surface area (Å²) in [7, 11) is 0. The molecule has 0 saturated carbocycles. The minimum atomic E-state index is -0.962. The fourth-order valence-corrected chi connectivity index (χ4v) is 3.25. The highest BCUT2D eigenvalue weighted by Crippen LogP contribution is 2.31. The Hall–Kier alpha value is -2.60. The lowest BCUT2D eigenvalue weighted by Gasteiger charge is -2.08. The van der Waals surface area contributed by atoms with Gasteiger partial charge < -0.3 is 9.84 Å². The minimum absolute atomic E-state index is 0.146. The second-order valence-corrected chi connectivity index (χ2v) is 5.98. The summed E-state index contributed by atoms with van der Waals surface area (Å²) in [6, 6.07) is 16.5. The van der Waals surface area contributed by atoms with Crippen LogP contribution in [0.3, 0.4) is 0 Å². The predicted molar refractivity (Wildman–Crippen MR) is 93.0 cm³/mol. The largest absolute Gasteiger partial charge is 0.481 e. The van der Waals surface area contributed by atoms with Gasteiger partial charge in [-0.2, -0.15) is 0 Å². The van der Waals surface area contributed by atoms with Gasteiger partial charge in [0.15, 0.2) is 0 Å². The Balaban J connectivity index is 1.95. The molecule has 1 aromatic heterocycles. The number of hydrogen-bond donors (Lipinski definition) is 1. The molecule has 3 rings (SSSR count). The number of benzene rings is 2. The Morgan fingerprint density at radius 1 is 1.04 bits per heavy atom. The van der Waals surface area contributed by atoms with Crippen LogP contribution in [0, 0.1) is 0 Å². The standard InChI is InChI=1S/C18H14BrNO4/c19-17-14(10-16(21)22)13-8-4-5-9-15(13)20(17)18(23)24-11-12-6-2-1-3-7-12/h1-9H,10-11H2,(H,21,22). The first-order valence-corrected chi connectivity index (χ1v) is 8.08. The Morgan fingerprint density at radius 2 is 1.71 bits per heavy atom. The lowest BCUT2D eigenvalue weighted by Crippen LogP contribution is -2.14. The third-order valence-electron chi connectivity index (χ3n) is 3.63. The summed E-state index contributed by atoms with van der Waals surface area (Å²) >= 11 is 3.35. The molecule has 0 amide bonds. The zero-order chi connectivity index (χ0) is 17.1. The van der Waals surface area contributed by atoms with E-state index in [1.54, 1.807) is 24.3 Å². The number of halogens is 1. The highest BCUT2D eigenvalue weighted by Gasteiger charge is 2.22. The van der Waals surface area contributed by atoms with Gasteiger partial charge >= 0.3 is 12.1 Å². The highest BCUT2D eigenvalue weighted by molar-refractivity contribution is 9.10. The van der Waals surface area contributed by atoms with Gasteiger partial charge in [-0.05, 0) is 27.6 Å². The molecule has 5 nitrogen and oxygen atoms in total. The number of aromatic nitrogens is 1. The number of carbonyl (C=O) groups excluding carboxylic acids is 1. The van der Waals surface area contributed by atoms with Crippen molar-refractivity contribution in [3.8, 4) is 0 Å². The van der Waals surface area contributed by atoms with Gasteiger partial charge in [-0.1, -0.05) is 48.5 Å². The van der Waals surface area contributed by atoms with Crippen molar-refractivity contribution in [2.75, 3.05) is 0 Å². The molecule has 0 fully saturated rings. The molecule has 0 radical (unpaired) electrons. The maximum absolute atomic E-state index is 12.5. The summed E-state index contributed by atoms with van der Waals surface area (Å²) in [5.74, 6) is -0.962. The number of ether oxygens (including phenoxy) is 1. The van der Waals surface area contributed by atoms with Gasteiger partial charge in [0.25, 0.3) is 0 Å². The number of carbonyl (C=O) groups is 2. The lowest BCUT2D eigenvalue weighted by atomic mass is 10.1. The van der Waals surface area contributed by atoms with Gasteiger partial charge in [0, 0.05) is 10.9 Å². The number of hydrogen-bond acceptors (Lipinski definition) is 3. The van der Waals surface area contributed by atoms with E-state index >= 15 is 0 Å². The third kappa shape index (κ3) is 3.19. The van der Waals surface area contributed by atoms with Crippen molar-refractivity contribution in [3.05, 3.63) is 70.3 Å². The third-order valence-corrected chi connectivity index (χ3v) is 4.46. The predicted octanol–water partition coefficient (Wildman–Crippen LogP) is 4.22. The summed E-state index contributed by atoms with van der Waals surface area (Å²) in [6.07, 6.45) is -0.737. The Labute approximate surface area is 146 Å². The molecule has 0 spiro atoms. The van der Waals surface area contributed by atoms with Crippen LogP contribution >= 0.6 is 15.9 Å². The van der Waals surface area contributed by atoms with Crippen molar-refractivity contribution in [3.63, 3.8) is 0 Å². The van der Waals surface area contributed by atoms with Crippen molar-refractivity contribution in [2.24, 2.45) is 0 Å². The smallest absolute Gasteiger partial charge is 0.419 e. The molecule has 1 heterocycles. The molecule has 6 heteroatoms. The van der Waals surface area contributed by atoms with Crippen LogP contribution in [-0.2, 0) is 22.6 Å². The van der Waals surface area contributed by atoms with E-state index in [2.05, 4.69) is 15.9 Å². The molecule has 0 unspecified atom stereocenters. The van der Waals surface area contributed by atoms with Gasteiger partial charge in [-0.3, -0.25) is 4.79 Å². The number of para-hydroxylation sites is 1. The number of aliphatic carboxylic acids is 1. The fraction of sp³-hybridized carbons (Fsp3) is 0.111. The van der Waals surface area contributed by atoms with Crippen LogP contribution in [0.4, 0.5) is 4.79 Å². The zero-order valence-corrected chi connectivity index (χ0v) is 14.2. The van der Waals surface area contributed by atoms with Crippen LogP contribution in [0.1, 0.15) is 11.1 Å². The molecule has 0 aliphatic carbocycles. The molecule has 2 aromatic carbocycles. The summed E-state index contributed by atoms with van der Waals surface area (Å²) in [4.78, 5) is 23.6. The summed E-state index contributed by atoms with van der Waals surface area (Å²) in [5, 5.41) is 9.82. The SMILES string of the molecule is O=C(O)Cc1c(Br)n(C(=O)OCc2ccccc2)c2ccccc12. The van der Waals surface area contributed by atoms with E-state index < -0.39 is 12.1 Å². The molecular formula is C18H14BrNO4. The first kappa shape index (κ1) is 16.3. The molecule has 0 aliphatic rings. The molecule has 0 saturated heterocycles. The van der Waals surface area contributed by atoms with Gasteiger partial charge in [0.05, 0.1) is 16.5 Å². The number of rotatable bonds is 4. The normalized spacial score (nSPS) is 10.7. The summed E-state index contributed by atoms with van der Waals surface area (Å²) < 4.78 is 7.13. The van der Waals surface area contributed by atoms with E-state index in [9.17, 15) is 9.59 Å². The maximum Gasteiger partial charge on any atom is 0.419 e. The molecule has 122 valence electrons. The van der Waals surface area contributed by atoms with Crippen molar-refractivity contribution in [1.82, 2.24) is 4.57 Å². The van der Waals surface area contributed by atoms with Crippen LogP contribution in [0.5, 0.6) is 0 Å². The second-order valence-electron chi connectivity index (χ2n) is 5.23. The average molecular weight is 388 g/mol. The molecule has 0 bridgehead atoms. The fourth-order valence-electron chi connectivity index (χ4n) is 2.56. The van der Waals surface area contributed by atoms with Crippen molar-refractivity contribution in [1.29, 1.82) is 0 Å². The van der Waals surface area contributed by atoms with Crippen LogP contribution in [0.25, 0.3) is 10.9 Å². The topological polar surface area (TPSA) is 68.5 Å². The van der Waals surface area contributed by atoms with E-state index in [-0.39, 0.29) is 13.0 Å². The van der Waals surface area contributed by atoms with Gasteiger partial charge in [-0.15, -0.1) is 0 Å². The van der Waals surface area contributed by atoms with E-state index in [0.29, 0.717) is 21.1 Å². The van der Waals surface area contributed by atoms with Crippen molar-refractivity contribution < 1.29 is 19.4 Å². The highest BCUT2D eigenvalue weighted by atomic mass is 79.9. The zero-order valence-electron chi connectivity index (χ0n) is 12.6. The Kier molecular flexibility index (Phi) is 4.66. The molecule has 0 aliphatic heterocycles. The van der Waals surface area contributed by atoms with Crippen molar-refractivity contribution >= 4 is 38.9 Å². The number of fused-ring (bicyclic) bond motifs is 1. The Bertz CT molecular complexity index is 902. The van der Waals surface area contributed by atoms with E-state index in [0.717, 1.165) is 5.56 Å². The van der Waals surface area contributed by atoms with E-state index in [1.165, 1.54) is 4.57 Å². The maximum atomic E-state index is 12.5. The van der Waals surface area contributed by atoms with Crippen LogP contribution in [-0.4, -0.2) is 21.7 Å². The Morgan fingerprint density at radius 3 is 2.42 bits per heavy atom. The molecular weight excluding hydrogens is 374 g/mol. The lowest BCUT2D eigenvalue weighted by molar-refractivity contribution is -0.136. The van der Waals surface area contributed by atoms with Crippen LogP contribution in [0.15, 0.2) is 59.2 Å². The van der Waals surface area contributed by atoms with E-state index in [4.69, 9.17) is 9.84 Å². The minimum Gasteiger partial charge on any atom is -0.481 e. The molecule has 1 N–H and O–H groups in total. The quantitative estimate of drug-likeness (QED) is 0.727. The molecule has 3 aromatic rings. The van der Waals surface area contributed by atoms with Gasteiger partial charge in [0.2, 0.25) is 0 Å². The average Bonchev–Trinajstić information content (AvgIpc) is 2.86. The van der Waals surface area contributed by atoms with Gasteiger partial charge in [0.1, 0.15) is 6.61 Å². The number of nitrogens with zero attached hydrogens (tertiary/aromatic N) is 1. The summed E-state index contributed by atoms with van der Waals surface area (Å²) in [6.45, 7) is 0.146. The number of carboxylic acids is 1. The van der Waals surface area contributed by atoms with E-state index in [1.807, 2.05) is 30.3 Å². The summed E-state index contributed by atoms with van der Waals surface area (Å²) in [5.41, 5.74) is 2.04. The first-order chi connectivity index (χ1) is 11.6. The number of carboxylic acid groups (broad SMARTS) is 1.